The van der Waals surface area contributed by atoms with Crippen LogP contribution in [0.4, 0.5) is 0 Å². The zero-order valence-electron chi connectivity index (χ0n) is 11.8. The number of aryl methyl sites for hydroxylation is 3. The Labute approximate surface area is 105 Å². The number of benzene rings is 1. The Morgan fingerprint density at radius 3 is 2.29 bits per heavy atom. The van der Waals surface area contributed by atoms with Crippen molar-refractivity contribution in [3.8, 4) is 0 Å². The molecule has 1 aromatic rings. The van der Waals surface area contributed by atoms with Gasteiger partial charge in [0, 0.05) is 19.7 Å². The van der Waals surface area contributed by atoms with Crippen LogP contribution in [0.5, 0.6) is 0 Å². The maximum atomic E-state index is 5.50. The van der Waals surface area contributed by atoms with E-state index in [1.807, 2.05) is 6.92 Å². The summed E-state index contributed by atoms with van der Waals surface area (Å²) in [6.07, 6.45) is 0.283. The average Bonchev–Trinajstić information content (AvgIpc) is 2.22. The molecule has 0 radical (unpaired) electrons. The zero-order valence-corrected chi connectivity index (χ0v) is 11.8. The predicted octanol–water partition coefficient (Wildman–Crippen LogP) is 3.13. The molecule has 0 saturated carbocycles. The first-order chi connectivity index (χ1) is 8.04. The fourth-order valence-electron chi connectivity index (χ4n) is 2.23. The zero-order chi connectivity index (χ0) is 12.8. The van der Waals surface area contributed by atoms with E-state index >= 15 is 0 Å². The van der Waals surface area contributed by atoms with Crippen LogP contribution >= 0.6 is 0 Å². The highest BCUT2D eigenvalue weighted by atomic mass is 16.5. The van der Waals surface area contributed by atoms with Crippen molar-refractivity contribution in [1.29, 1.82) is 0 Å². The smallest absolute Gasteiger partial charge is 0.0671 e. The molecule has 0 amide bonds. The average molecular weight is 235 g/mol. The lowest BCUT2D eigenvalue weighted by Gasteiger charge is -2.15. The minimum absolute atomic E-state index is 0.283. The number of hydrogen-bond donors (Lipinski definition) is 1. The van der Waals surface area contributed by atoms with Crippen LogP contribution in [0.3, 0.4) is 0 Å². The first-order valence-electron chi connectivity index (χ1n) is 6.43. The molecule has 0 fully saturated rings. The van der Waals surface area contributed by atoms with Gasteiger partial charge in [-0.25, -0.2) is 0 Å². The Balaban J connectivity index is 2.52. The molecule has 1 atom stereocenters. The van der Waals surface area contributed by atoms with E-state index in [2.05, 4.69) is 45.1 Å². The maximum absolute atomic E-state index is 5.50. The lowest BCUT2D eigenvalue weighted by molar-refractivity contribution is 0.0759. The van der Waals surface area contributed by atoms with Crippen LogP contribution in [0.1, 0.15) is 36.1 Å². The molecule has 2 heteroatoms. The van der Waals surface area contributed by atoms with Crippen LogP contribution in [0.2, 0.25) is 0 Å². The summed E-state index contributed by atoms with van der Waals surface area (Å²) < 4.78 is 5.50. The van der Waals surface area contributed by atoms with Gasteiger partial charge in [-0.05, 0) is 51.3 Å². The van der Waals surface area contributed by atoms with Gasteiger partial charge >= 0.3 is 0 Å². The van der Waals surface area contributed by atoms with Crippen molar-refractivity contribution in [1.82, 2.24) is 5.32 Å². The number of nitrogens with one attached hydrogen (secondary N) is 1. The van der Waals surface area contributed by atoms with Crippen molar-refractivity contribution < 1.29 is 4.74 Å². The molecular formula is C15H25NO. The van der Waals surface area contributed by atoms with E-state index in [9.17, 15) is 0 Å². The Kier molecular flexibility index (Phi) is 5.66. The summed E-state index contributed by atoms with van der Waals surface area (Å²) in [5, 5.41) is 3.46. The molecule has 0 spiro atoms. The van der Waals surface area contributed by atoms with Gasteiger partial charge in [-0.15, -0.1) is 0 Å². The van der Waals surface area contributed by atoms with E-state index in [0.29, 0.717) is 0 Å². The second kappa shape index (κ2) is 6.77. The van der Waals surface area contributed by atoms with Crippen LogP contribution in [-0.4, -0.2) is 19.3 Å². The summed E-state index contributed by atoms with van der Waals surface area (Å²) in [5.74, 6) is 0. The Hall–Kier alpha value is -0.860. The fourth-order valence-corrected chi connectivity index (χ4v) is 2.23. The summed E-state index contributed by atoms with van der Waals surface area (Å²) in [6.45, 7) is 13.3. The van der Waals surface area contributed by atoms with Gasteiger partial charge in [0.05, 0.1) is 6.10 Å². The van der Waals surface area contributed by atoms with E-state index < -0.39 is 0 Å². The largest absolute Gasteiger partial charge is 0.377 e. The minimum Gasteiger partial charge on any atom is -0.377 e. The maximum Gasteiger partial charge on any atom is 0.0671 e. The lowest BCUT2D eigenvalue weighted by Crippen LogP contribution is -2.27. The molecule has 2 nitrogen and oxygen atoms in total. The molecule has 0 bridgehead atoms. The van der Waals surface area contributed by atoms with E-state index in [1.54, 1.807) is 0 Å². The van der Waals surface area contributed by atoms with Crippen LogP contribution < -0.4 is 5.32 Å². The van der Waals surface area contributed by atoms with Crippen LogP contribution in [0, 0.1) is 20.8 Å². The highest BCUT2D eigenvalue weighted by Gasteiger charge is 2.05. The van der Waals surface area contributed by atoms with Gasteiger partial charge in [0.25, 0.3) is 0 Å². The van der Waals surface area contributed by atoms with E-state index in [-0.39, 0.29) is 6.10 Å². The number of hydrogen-bond acceptors (Lipinski definition) is 2. The standard InChI is InChI=1S/C15H25NO/c1-6-17-14(5)9-16-10-15-12(3)7-11(2)8-13(15)4/h7-8,14,16H,6,9-10H2,1-5H3. The second-order valence-corrected chi connectivity index (χ2v) is 4.77. The normalized spacial score (nSPS) is 12.8. The van der Waals surface area contributed by atoms with Crippen molar-refractivity contribution in [3.05, 3.63) is 34.4 Å². The van der Waals surface area contributed by atoms with Gasteiger partial charge in [0.15, 0.2) is 0 Å². The minimum atomic E-state index is 0.283. The molecule has 0 aliphatic rings. The van der Waals surface area contributed by atoms with Gasteiger partial charge in [-0.3, -0.25) is 0 Å². The quantitative estimate of drug-likeness (QED) is 0.818. The highest BCUT2D eigenvalue weighted by molar-refractivity contribution is 5.37. The third-order valence-corrected chi connectivity index (χ3v) is 3.03. The number of rotatable bonds is 6. The molecule has 0 aliphatic carbocycles. The first-order valence-corrected chi connectivity index (χ1v) is 6.43. The SMILES string of the molecule is CCOC(C)CNCc1c(C)cc(C)cc1C. The summed E-state index contributed by atoms with van der Waals surface area (Å²) in [6, 6.07) is 4.49. The van der Waals surface area contributed by atoms with E-state index in [1.165, 1.54) is 22.3 Å². The second-order valence-electron chi connectivity index (χ2n) is 4.77. The van der Waals surface area contributed by atoms with Gasteiger partial charge in [-0.1, -0.05) is 17.7 Å². The molecule has 0 heterocycles. The Morgan fingerprint density at radius 1 is 1.18 bits per heavy atom. The van der Waals surface area contributed by atoms with Crippen molar-refractivity contribution >= 4 is 0 Å². The van der Waals surface area contributed by atoms with Gasteiger partial charge in [-0.2, -0.15) is 0 Å². The summed E-state index contributed by atoms with van der Waals surface area (Å²) in [5.41, 5.74) is 5.50. The van der Waals surface area contributed by atoms with Crippen LogP contribution in [0.25, 0.3) is 0 Å². The van der Waals surface area contributed by atoms with Gasteiger partial charge < -0.3 is 10.1 Å². The summed E-state index contributed by atoms with van der Waals surface area (Å²) in [7, 11) is 0. The third-order valence-electron chi connectivity index (χ3n) is 3.03. The monoisotopic (exact) mass is 235 g/mol. The van der Waals surface area contributed by atoms with Crippen molar-refractivity contribution in [2.75, 3.05) is 13.2 Å². The molecule has 0 aromatic heterocycles. The lowest BCUT2D eigenvalue weighted by atomic mass is 10.00. The van der Waals surface area contributed by atoms with Gasteiger partial charge in [0.2, 0.25) is 0 Å². The van der Waals surface area contributed by atoms with Crippen molar-refractivity contribution in [2.45, 2.75) is 47.3 Å². The molecule has 1 aromatic carbocycles. The topological polar surface area (TPSA) is 21.3 Å². The summed E-state index contributed by atoms with van der Waals surface area (Å²) >= 11 is 0. The molecule has 1 N–H and O–H groups in total. The molecule has 96 valence electrons. The Morgan fingerprint density at radius 2 is 1.76 bits per heavy atom. The van der Waals surface area contributed by atoms with Crippen LogP contribution in [-0.2, 0) is 11.3 Å². The van der Waals surface area contributed by atoms with Gasteiger partial charge in [0.1, 0.15) is 0 Å². The van der Waals surface area contributed by atoms with E-state index in [0.717, 1.165) is 19.7 Å². The number of ether oxygens (including phenoxy) is 1. The van der Waals surface area contributed by atoms with Crippen molar-refractivity contribution in [3.63, 3.8) is 0 Å². The molecule has 0 aliphatic heterocycles. The molecule has 0 saturated heterocycles. The van der Waals surface area contributed by atoms with Crippen LogP contribution in [0.15, 0.2) is 12.1 Å². The Bertz CT molecular complexity index is 337. The highest BCUT2D eigenvalue weighted by Crippen LogP contribution is 2.15. The predicted molar refractivity (Wildman–Crippen MR) is 73.4 cm³/mol. The molecule has 17 heavy (non-hydrogen) atoms. The summed E-state index contributed by atoms with van der Waals surface area (Å²) in [4.78, 5) is 0. The molecule has 1 unspecified atom stereocenters. The van der Waals surface area contributed by atoms with E-state index in [4.69, 9.17) is 4.74 Å². The molecular weight excluding hydrogens is 210 g/mol. The first kappa shape index (κ1) is 14.2. The van der Waals surface area contributed by atoms with Crippen molar-refractivity contribution in [2.24, 2.45) is 0 Å². The third kappa shape index (κ3) is 4.49. The fraction of sp³-hybridized carbons (Fsp3) is 0.600. The molecule has 1 rings (SSSR count).